The average molecular weight is 876 g/mol. The van der Waals surface area contributed by atoms with E-state index in [1.807, 2.05) is 91.9 Å². The van der Waals surface area contributed by atoms with E-state index >= 15 is 0 Å². The maximum atomic E-state index is 14.0. The highest BCUT2D eigenvalue weighted by atomic mass is 31.2. The van der Waals surface area contributed by atoms with Crippen molar-refractivity contribution in [2.24, 2.45) is 0 Å². The van der Waals surface area contributed by atoms with Gasteiger partial charge in [0.05, 0.1) is 46.0 Å². The molecule has 0 radical (unpaired) electrons. The van der Waals surface area contributed by atoms with Gasteiger partial charge in [-0.05, 0) is 93.8 Å². The predicted molar refractivity (Wildman–Crippen MR) is 238 cm³/mol. The van der Waals surface area contributed by atoms with E-state index in [0.29, 0.717) is 17.1 Å². The molecule has 1 N–H and O–H groups in total. The van der Waals surface area contributed by atoms with Crippen molar-refractivity contribution in [3.05, 3.63) is 154 Å². The number of carbonyl (C=O) groups is 1. The largest absolute Gasteiger partial charge is 0.497 e. The minimum Gasteiger partial charge on any atom is -0.497 e. The van der Waals surface area contributed by atoms with Gasteiger partial charge in [0.1, 0.15) is 40.7 Å². The topological polar surface area (TPSA) is 156 Å². The fourth-order valence-corrected chi connectivity index (χ4v) is 10.1. The van der Waals surface area contributed by atoms with Crippen LogP contribution in [0.1, 0.15) is 74.3 Å². The van der Waals surface area contributed by atoms with Gasteiger partial charge in [-0.15, -0.1) is 0 Å². The lowest BCUT2D eigenvalue weighted by Crippen LogP contribution is -2.55. The van der Waals surface area contributed by atoms with Crippen LogP contribution in [-0.4, -0.2) is 83.6 Å². The van der Waals surface area contributed by atoms with Gasteiger partial charge in [-0.2, -0.15) is 10.2 Å². The summed E-state index contributed by atoms with van der Waals surface area (Å²) < 4.78 is 49.7. The van der Waals surface area contributed by atoms with Gasteiger partial charge in [-0.3, -0.25) is 9.36 Å². The van der Waals surface area contributed by atoms with Crippen molar-refractivity contribution in [2.75, 3.05) is 32.8 Å². The third-order valence-corrected chi connectivity index (χ3v) is 13.5. The predicted octanol–water partition coefficient (Wildman–Crippen LogP) is 8.24. The summed E-state index contributed by atoms with van der Waals surface area (Å²) in [5, 5.41) is 12.2. The van der Waals surface area contributed by atoms with E-state index in [4.69, 9.17) is 32.7 Å². The molecule has 7 rings (SSSR count). The minimum atomic E-state index is -1.82. The smallest absolute Gasteiger partial charge is 0.351 e. The van der Waals surface area contributed by atoms with Gasteiger partial charge in [-0.25, -0.2) is 9.46 Å². The first-order valence-electron chi connectivity index (χ1n) is 21.0. The Morgan fingerprint density at radius 3 is 2.00 bits per heavy atom. The van der Waals surface area contributed by atoms with Crippen LogP contribution in [0.25, 0.3) is 0 Å². The molecule has 0 spiro atoms. The van der Waals surface area contributed by atoms with Crippen molar-refractivity contribution in [2.45, 2.75) is 88.9 Å². The molecule has 63 heavy (non-hydrogen) atoms. The number of nitrogens with zero attached hydrogens (tertiary/aromatic N) is 4. The van der Waals surface area contributed by atoms with Crippen LogP contribution in [0.2, 0.25) is 0 Å². The molecule has 15 heteroatoms. The standard InChI is InChI=1S/C48H54N5O9P/c1-32(2)53(33(3)4)63(59-30-14-28-49)62-43-42-45(52-29-27-41(51-46(52)55)50-44(54)35-15-10-8-11-16-35)61-47(43,31-58-42)34(5)60-48(36-17-12-9-13-18-36,37-19-23-39(56-6)24-20-37)38-21-25-40(57-7)26-22-38/h8-13,15-27,29,32-34,42-43,45H,14,30-31H2,1-7H3,(H,50,51,54,55)/t34-,42+,43-,45-,47?,63?/m1/s1. The molecule has 330 valence electrons. The molecular formula is C48H54N5O9P. The van der Waals surface area contributed by atoms with Crippen molar-refractivity contribution in [1.82, 2.24) is 14.2 Å². The van der Waals surface area contributed by atoms with Crippen molar-refractivity contribution in [3.8, 4) is 17.6 Å². The number of fused-ring (bicyclic) bond motifs is 2. The van der Waals surface area contributed by atoms with Crippen LogP contribution in [0.15, 0.2) is 126 Å². The van der Waals surface area contributed by atoms with E-state index < -0.39 is 55.9 Å². The number of methoxy groups -OCH3 is 2. The average Bonchev–Trinajstić information content (AvgIpc) is 3.81. The lowest BCUT2D eigenvalue weighted by Gasteiger charge is -2.44. The highest BCUT2D eigenvalue weighted by molar-refractivity contribution is 7.44. The number of hydrogen-bond donors (Lipinski definition) is 1. The number of nitrogens with one attached hydrogen (secondary N) is 1. The lowest BCUT2D eigenvalue weighted by atomic mass is 9.79. The van der Waals surface area contributed by atoms with Gasteiger partial charge < -0.3 is 38.0 Å². The number of carbonyl (C=O) groups excluding carboxylic acids is 1. The molecule has 4 aromatic carbocycles. The Hall–Kier alpha value is -5.49. The summed E-state index contributed by atoms with van der Waals surface area (Å²) in [6.45, 7) is 10.4. The maximum absolute atomic E-state index is 14.0. The molecule has 2 aliphatic heterocycles. The van der Waals surface area contributed by atoms with Gasteiger partial charge in [-0.1, -0.05) is 72.8 Å². The fraction of sp³-hybridized carbons (Fsp3) is 0.375. The van der Waals surface area contributed by atoms with Crippen LogP contribution in [0, 0.1) is 11.3 Å². The zero-order valence-corrected chi connectivity index (χ0v) is 37.4. The van der Waals surface area contributed by atoms with Crippen molar-refractivity contribution in [3.63, 3.8) is 0 Å². The Bertz CT molecular complexity index is 2340. The SMILES string of the molecule is COc1ccc(C(O[C@H](C)C23CO[C@H]([C@H](n4ccc(NC(=O)c5ccccc5)nc4=O)O2)[C@H]3OP(OCCC#N)N(C(C)C)C(C)C)(c2ccccc2)c2ccc(OC)cc2)cc1. The van der Waals surface area contributed by atoms with Crippen LogP contribution in [0.4, 0.5) is 5.82 Å². The molecular weight excluding hydrogens is 822 g/mol. The fourth-order valence-electron chi connectivity index (χ4n) is 8.35. The Labute approximate surface area is 369 Å². The zero-order chi connectivity index (χ0) is 44.7. The summed E-state index contributed by atoms with van der Waals surface area (Å²) in [5.41, 5.74) is -0.368. The Morgan fingerprint density at radius 2 is 1.46 bits per heavy atom. The Morgan fingerprint density at radius 1 is 0.889 bits per heavy atom. The quantitative estimate of drug-likeness (QED) is 0.0483. The van der Waals surface area contributed by atoms with Crippen molar-refractivity contribution >= 4 is 20.3 Å². The number of anilines is 1. The molecule has 5 aromatic rings. The van der Waals surface area contributed by atoms with Gasteiger partial charge >= 0.3 is 5.69 Å². The van der Waals surface area contributed by atoms with E-state index in [-0.39, 0.29) is 37.5 Å². The molecule has 2 bridgehead atoms. The number of benzene rings is 4. The summed E-state index contributed by atoms with van der Waals surface area (Å²) in [6.07, 6.45) is -1.82. The molecule has 2 unspecified atom stereocenters. The second-order valence-electron chi connectivity index (χ2n) is 15.9. The first kappa shape index (κ1) is 45.5. The summed E-state index contributed by atoms with van der Waals surface area (Å²) >= 11 is 0. The highest BCUT2D eigenvalue weighted by Gasteiger charge is 2.68. The molecule has 2 fully saturated rings. The van der Waals surface area contributed by atoms with E-state index in [1.54, 1.807) is 44.6 Å². The van der Waals surface area contributed by atoms with Crippen LogP contribution < -0.4 is 20.5 Å². The molecule has 2 saturated heterocycles. The first-order valence-corrected chi connectivity index (χ1v) is 22.1. The van der Waals surface area contributed by atoms with E-state index in [1.165, 1.54) is 10.8 Å². The molecule has 1 aromatic heterocycles. The Kier molecular flexibility index (Phi) is 14.4. The number of ether oxygens (including phenoxy) is 5. The summed E-state index contributed by atoms with van der Waals surface area (Å²) in [4.78, 5) is 31.2. The molecule has 0 aliphatic carbocycles. The third-order valence-electron chi connectivity index (χ3n) is 11.4. The van der Waals surface area contributed by atoms with Crippen molar-refractivity contribution < 1.29 is 37.5 Å². The van der Waals surface area contributed by atoms with Crippen molar-refractivity contribution in [1.29, 1.82) is 5.26 Å². The second kappa shape index (κ2) is 19.9. The molecule has 2 aliphatic rings. The van der Waals surface area contributed by atoms with Crippen LogP contribution in [0.3, 0.4) is 0 Å². The molecule has 0 saturated carbocycles. The first-order chi connectivity index (χ1) is 30.4. The van der Waals surface area contributed by atoms with E-state index in [2.05, 4.69) is 48.7 Å². The van der Waals surface area contributed by atoms with Crippen LogP contribution in [0.5, 0.6) is 11.5 Å². The van der Waals surface area contributed by atoms with Gasteiger partial charge in [0.2, 0.25) is 0 Å². The summed E-state index contributed by atoms with van der Waals surface area (Å²) in [6, 6.07) is 37.8. The van der Waals surface area contributed by atoms with Crippen LogP contribution in [-0.2, 0) is 28.9 Å². The molecule has 6 atom stereocenters. The maximum Gasteiger partial charge on any atom is 0.351 e. The molecule has 3 heterocycles. The normalized spacial score (nSPS) is 20.4. The third kappa shape index (κ3) is 9.28. The zero-order valence-electron chi connectivity index (χ0n) is 36.5. The monoisotopic (exact) mass is 875 g/mol. The van der Waals surface area contributed by atoms with Gasteiger partial charge in [0.15, 0.2) is 6.23 Å². The van der Waals surface area contributed by atoms with Gasteiger partial charge in [0, 0.05) is 23.8 Å². The highest BCUT2D eigenvalue weighted by Crippen LogP contribution is 2.57. The Balaban J connectivity index is 1.34. The molecule has 14 nitrogen and oxygen atoms in total. The molecule has 1 amide bonds. The number of nitriles is 1. The number of amides is 1. The summed E-state index contributed by atoms with van der Waals surface area (Å²) in [5.74, 6) is 1.04. The number of rotatable bonds is 19. The number of hydrogen-bond acceptors (Lipinski definition) is 12. The van der Waals surface area contributed by atoms with Gasteiger partial charge in [0.25, 0.3) is 14.4 Å². The minimum absolute atomic E-state index is 0.000782. The lowest BCUT2D eigenvalue weighted by molar-refractivity contribution is -0.230. The second-order valence-corrected chi connectivity index (χ2v) is 17.3. The number of aromatic nitrogens is 2. The van der Waals surface area contributed by atoms with E-state index in [0.717, 1.165) is 16.7 Å². The van der Waals surface area contributed by atoms with Crippen LogP contribution >= 0.6 is 8.53 Å². The summed E-state index contributed by atoms with van der Waals surface area (Å²) in [7, 11) is 1.43. The van der Waals surface area contributed by atoms with E-state index in [9.17, 15) is 14.9 Å².